The van der Waals surface area contributed by atoms with Gasteiger partial charge in [-0.2, -0.15) is 5.26 Å². The van der Waals surface area contributed by atoms with Crippen LogP contribution in [0.1, 0.15) is 19.3 Å². The van der Waals surface area contributed by atoms with Gasteiger partial charge in [-0.05, 0) is 19.3 Å². The fraction of sp³-hybridized carbons (Fsp3) is 0.556. The predicted molar refractivity (Wildman–Crippen MR) is 44.9 cm³/mol. The highest BCUT2D eigenvalue weighted by atomic mass is 16.5. The molecule has 1 atom stereocenters. The maximum atomic E-state index is 10.4. The van der Waals surface area contributed by atoms with E-state index in [1.54, 1.807) is 6.07 Å². The molecule has 0 aliphatic carbocycles. The van der Waals surface area contributed by atoms with Gasteiger partial charge in [-0.25, -0.2) is 4.79 Å². The minimum absolute atomic E-state index is 0.0997. The summed E-state index contributed by atoms with van der Waals surface area (Å²) in [7, 11) is 0. The van der Waals surface area contributed by atoms with Crippen LogP contribution in [-0.2, 0) is 9.53 Å². The number of nitrogens with zero attached hydrogens (tertiary/aromatic N) is 1. The fourth-order valence-corrected chi connectivity index (χ4v) is 1.26. The van der Waals surface area contributed by atoms with Crippen LogP contribution < -0.4 is 0 Å². The van der Waals surface area contributed by atoms with Crippen LogP contribution in [0.3, 0.4) is 0 Å². The van der Waals surface area contributed by atoms with E-state index < -0.39 is 5.97 Å². The number of nitriles is 1. The molecule has 0 spiro atoms. The normalized spacial score (nSPS) is 22.7. The van der Waals surface area contributed by atoms with Gasteiger partial charge in [0.1, 0.15) is 11.6 Å². The van der Waals surface area contributed by atoms with Crippen molar-refractivity contribution in [1.82, 2.24) is 0 Å². The summed E-state index contributed by atoms with van der Waals surface area (Å²) in [5, 5.41) is 16.9. The third kappa shape index (κ3) is 2.88. The maximum Gasteiger partial charge on any atom is 0.346 e. The second kappa shape index (κ2) is 4.63. The van der Waals surface area contributed by atoms with Gasteiger partial charge in [-0.3, -0.25) is 0 Å². The molecular weight excluding hydrogens is 170 g/mol. The first-order valence-electron chi connectivity index (χ1n) is 4.19. The van der Waals surface area contributed by atoms with Crippen molar-refractivity contribution in [2.45, 2.75) is 25.4 Å². The van der Waals surface area contributed by atoms with E-state index in [1.807, 2.05) is 0 Å². The number of carboxylic acid groups (broad SMARTS) is 1. The summed E-state index contributed by atoms with van der Waals surface area (Å²) in [4.78, 5) is 10.4. The lowest BCUT2D eigenvalue weighted by atomic mass is 10.1. The monoisotopic (exact) mass is 181 g/mol. The van der Waals surface area contributed by atoms with Crippen LogP contribution >= 0.6 is 0 Å². The van der Waals surface area contributed by atoms with Crippen LogP contribution in [0.4, 0.5) is 0 Å². The van der Waals surface area contributed by atoms with Crippen LogP contribution in [-0.4, -0.2) is 23.8 Å². The molecule has 1 fully saturated rings. The Bertz CT molecular complexity index is 259. The molecule has 1 saturated heterocycles. The van der Waals surface area contributed by atoms with Gasteiger partial charge >= 0.3 is 5.97 Å². The molecule has 0 aromatic carbocycles. The second-order valence-electron chi connectivity index (χ2n) is 2.91. The molecule has 0 aromatic rings. The summed E-state index contributed by atoms with van der Waals surface area (Å²) >= 11 is 0. The lowest BCUT2D eigenvalue weighted by Gasteiger charge is -2.04. The summed E-state index contributed by atoms with van der Waals surface area (Å²) in [6.07, 6.45) is 4.03. The molecule has 0 bridgehead atoms. The van der Waals surface area contributed by atoms with Crippen molar-refractivity contribution >= 4 is 5.97 Å². The Morgan fingerprint density at radius 3 is 3.00 bits per heavy atom. The number of hydrogen-bond acceptors (Lipinski definition) is 3. The molecule has 0 amide bonds. The highest BCUT2D eigenvalue weighted by Gasteiger charge is 2.15. The third-order valence-corrected chi connectivity index (χ3v) is 1.96. The van der Waals surface area contributed by atoms with Gasteiger partial charge in [0.25, 0.3) is 0 Å². The van der Waals surface area contributed by atoms with E-state index in [0.29, 0.717) is 6.42 Å². The van der Waals surface area contributed by atoms with Gasteiger partial charge in [0.2, 0.25) is 0 Å². The molecule has 0 radical (unpaired) electrons. The summed E-state index contributed by atoms with van der Waals surface area (Å²) in [5.41, 5.74) is -0.199. The largest absolute Gasteiger partial charge is 0.477 e. The zero-order valence-electron chi connectivity index (χ0n) is 7.19. The molecule has 1 unspecified atom stereocenters. The predicted octanol–water partition coefficient (Wildman–Crippen LogP) is 1.09. The number of hydrogen-bond donors (Lipinski definition) is 1. The van der Waals surface area contributed by atoms with E-state index >= 15 is 0 Å². The molecule has 4 heteroatoms. The molecule has 0 saturated carbocycles. The third-order valence-electron chi connectivity index (χ3n) is 1.96. The topological polar surface area (TPSA) is 70.3 Å². The minimum atomic E-state index is -1.17. The standard InChI is InChI=1S/C9H11NO3/c10-6-7(9(11)12)3-4-8-2-1-5-13-8/h3,8H,1-2,4-5H2,(H,11,12). The number of carbonyl (C=O) groups is 1. The van der Waals surface area contributed by atoms with Gasteiger partial charge in [0.05, 0.1) is 6.10 Å². The molecule has 1 aliphatic heterocycles. The molecule has 4 nitrogen and oxygen atoms in total. The molecule has 0 aromatic heterocycles. The van der Waals surface area contributed by atoms with Gasteiger partial charge < -0.3 is 9.84 Å². The maximum absolute atomic E-state index is 10.4. The molecule has 1 heterocycles. The van der Waals surface area contributed by atoms with Crippen molar-refractivity contribution in [1.29, 1.82) is 5.26 Å². The molecule has 13 heavy (non-hydrogen) atoms. The van der Waals surface area contributed by atoms with Crippen LogP contribution in [0, 0.1) is 11.3 Å². The zero-order chi connectivity index (χ0) is 9.68. The van der Waals surface area contributed by atoms with Crippen LogP contribution in [0.5, 0.6) is 0 Å². The fourth-order valence-electron chi connectivity index (χ4n) is 1.26. The smallest absolute Gasteiger partial charge is 0.346 e. The number of ether oxygens (including phenoxy) is 1. The summed E-state index contributed by atoms with van der Waals surface area (Å²) in [5.74, 6) is -1.17. The molecule has 70 valence electrons. The lowest BCUT2D eigenvalue weighted by molar-refractivity contribution is -0.132. The molecule has 1 rings (SSSR count). The Labute approximate surface area is 76.4 Å². The van der Waals surface area contributed by atoms with Crippen LogP contribution in [0.2, 0.25) is 0 Å². The lowest BCUT2D eigenvalue weighted by Crippen LogP contribution is -2.05. The first-order valence-corrected chi connectivity index (χ1v) is 4.19. The van der Waals surface area contributed by atoms with Crippen LogP contribution in [0.25, 0.3) is 0 Å². The Hall–Kier alpha value is -1.34. The van der Waals surface area contributed by atoms with E-state index in [2.05, 4.69) is 0 Å². The highest BCUT2D eigenvalue weighted by Crippen LogP contribution is 2.16. The van der Waals surface area contributed by atoms with Gasteiger partial charge in [-0.1, -0.05) is 6.08 Å². The number of carboxylic acids is 1. The van der Waals surface area contributed by atoms with Crippen molar-refractivity contribution in [3.63, 3.8) is 0 Å². The Morgan fingerprint density at radius 1 is 1.77 bits per heavy atom. The van der Waals surface area contributed by atoms with Crippen molar-refractivity contribution in [2.75, 3.05) is 6.61 Å². The van der Waals surface area contributed by atoms with Crippen molar-refractivity contribution < 1.29 is 14.6 Å². The van der Waals surface area contributed by atoms with Gasteiger partial charge in [0.15, 0.2) is 0 Å². The van der Waals surface area contributed by atoms with Crippen molar-refractivity contribution in [3.8, 4) is 6.07 Å². The van der Waals surface area contributed by atoms with E-state index in [1.165, 1.54) is 6.08 Å². The second-order valence-corrected chi connectivity index (χ2v) is 2.91. The molecule has 1 N–H and O–H groups in total. The van der Waals surface area contributed by atoms with E-state index in [-0.39, 0.29) is 11.7 Å². The summed E-state index contributed by atoms with van der Waals surface area (Å²) < 4.78 is 5.28. The van der Waals surface area contributed by atoms with Gasteiger partial charge in [0, 0.05) is 6.61 Å². The Balaban J connectivity index is 2.45. The Kier molecular flexibility index (Phi) is 3.47. The van der Waals surface area contributed by atoms with Crippen molar-refractivity contribution in [3.05, 3.63) is 11.6 Å². The zero-order valence-corrected chi connectivity index (χ0v) is 7.19. The van der Waals surface area contributed by atoms with Crippen LogP contribution in [0.15, 0.2) is 11.6 Å². The minimum Gasteiger partial charge on any atom is -0.477 e. The average molecular weight is 181 g/mol. The van der Waals surface area contributed by atoms with E-state index in [4.69, 9.17) is 15.1 Å². The van der Waals surface area contributed by atoms with Crippen molar-refractivity contribution in [2.24, 2.45) is 0 Å². The number of aliphatic carboxylic acids is 1. The summed E-state index contributed by atoms with van der Waals surface area (Å²) in [6.45, 7) is 0.744. The van der Waals surface area contributed by atoms with E-state index in [9.17, 15) is 4.79 Å². The quantitative estimate of drug-likeness (QED) is 0.522. The SMILES string of the molecule is N#CC(=CCC1CCCO1)C(=O)O. The molecule has 1 aliphatic rings. The average Bonchev–Trinajstić information content (AvgIpc) is 2.57. The first-order chi connectivity index (χ1) is 6.24. The number of rotatable bonds is 3. The Morgan fingerprint density at radius 2 is 2.54 bits per heavy atom. The summed E-state index contributed by atoms with van der Waals surface area (Å²) in [6, 6.07) is 1.63. The van der Waals surface area contributed by atoms with Gasteiger partial charge in [-0.15, -0.1) is 0 Å². The highest BCUT2D eigenvalue weighted by molar-refractivity contribution is 5.90. The molecular formula is C9H11NO3. The first kappa shape index (κ1) is 9.75. The van der Waals surface area contributed by atoms with E-state index in [0.717, 1.165) is 19.4 Å².